The molecule has 0 spiro atoms. The number of pyridine rings is 1. The van der Waals surface area contributed by atoms with Crippen molar-refractivity contribution < 1.29 is 8.81 Å². The molecule has 0 fully saturated rings. The average molecular weight is 462 g/mol. The molecule has 11 heteroatoms. The van der Waals surface area contributed by atoms with Crippen LogP contribution in [0.3, 0.4) is 0 Å². The second-order valence-corrected chi connectivity index (χ2v) is 7.80. The summed E-state index contributed by atoms with van der Waals surface area (Å²) in [6.45, 7) is 0.390. The fourth-order valence-corrected chi connectivity index (χ4v) is 3.86. The molecule has 9 nitrogen and oxygen atoms in total. The van der Waals surface area contributed by atoms with E-state index in [9.17, 15) is 9.18 Å². The highest BCUT2D eigenvalue weighted by molar-refractivity contribution is 6.30. The Kier molecular flexibility index (Phi) is 4.34. The predicted molar refractivity (Wildman–Crippen MR) is 119 cm³/mol. The van der Waals surface area contributed by atoms with Crippen LogP contribution in [0.2, 0.25) is 5.02 Å². The molecule has 0 radical (unpaired) electrons. The van der Waals surface area contributed by atoms with E-state index in [0.29, 0.717) is 45.1 Å². The van der Waals surface area contributed by atoms with Crippen molar-refractivity contribution in [1.82, 2.24) is 34.7 Å². The predicted octanol–water partition coefficient (Wildman–Crippen LogP) is 3.95. The maximum Gasteiger partial charge on any atom is 0.417 e. The van der Waals surface area contributed by atoms with Gasteiger partial charge in [-0.15, -0.1) is 5.10 Å². The van der Waals surface area contributed by atoms with E-state index in [-0.39, 0.29) is 5.52 Å². The summed E-state index contributed by atoms with van der Waals surface area (Å²) in [6, 6.07) is 13.6. The monoisotopic (exact) mass is 461 g/mol. The van der Waals surface area contributed by atoms with Crippen LogP contribution in [0, 0.1) is 5.82 Å². The lowest BCUT2D eigenvalue weighted by Gasteiger charge is -2.09. The highest BCUT2D eigenvalue weighted by atomic mass is 35.5. The number of hydrogen-bond donors (Lipinski definition) is 1. The van der Waals surface area contributed by atoms with Crippen molar-refractivity contribution in [3.05, 3.63) is 88.0 Å². The van der Waals surface area contributed by atoms with Gasteiger partial charge < -0.3 is 4.42 Å². The van der Waals surface area contributed by atoms with Gasteiger partial charge >= 0.3 is 5.76 Å². The SMILES string of the molecule is O=c1[nH]c2cc(-n3nnc4c(F)cc(-c5ccnn5Cc5ccc(Cl)cn5)cc43)ccc2o1. The quantitative estimate of drug-likeness (QED) is 0.426. The molecule has 0 aliphatic heterocycles. The number of oxazole rings is 1. The van der Waals surface area contributed by atoms with Gasteiger partial charge in [-0.25, -0.2) is 13.9 Å². The molecule has 1 N–H and O–H groups in total. The van der Waals surface area contributed by atoms with Gasteiger partial charge in [-0.1, -0.05) is 16.8 Å². The van der Waals surface area contributed by atoms with E-state index in [1.807, 2.05) is 6.07 Å². The van der Waals surface area contributed by atoms with Gasteiger partial charge in [0, 0.05) is 18.0 Å². The fraction of sp³-hybridized carbons (Fsp3) is 0.0455. The molecule has 4 heterocycles. The Balaban J connectivity index is 1.45. The molecule has 0 saturated heterocycles. The van der Waals surface area contributed by atoms with Crippen molar-refractivity contribution >= 4 is 33.7 Å². The lowest BCUT2D eigenvalue weighted by atomic mass is 10.1. The Bertz CT molecular complexity index is 1700. The summed E-state index contributed by atoms with van der Waals surface area (Å²) >= 11 is 5.92. The first-order chi connectivity index (χ1) is 16.0. The van der Waals surface area contributed by atoms with Crippen LogP contribution in [-0.4, -0.2) is 34.7 Å². The summed E-state index contributed by atoms with van der Waals surface area (Å²) in [7, 11) is 0. The summed E-state index contributed by atoms with van der Waals surface area (Å²) in [4.78, 5) is 18.4. The number of benzene rings is 2. The third kappa shape index (κ3) is 3.37. The lowest BCUT2D eigenvalue weighted by molar-refractivity contribution is 0.555. The third-order valence-corrected chi connectivity index (χ3v) is 5.49. The fourth-order valence-electron chi connectivity index (χ4n) is 3.75. The Morgan fingerprint density at radius 3 is 2.88 bits per heavy atom. The number of nitrogens with zero attached hydrogens (tertiary/aromatic N) is 6. The van der Waals surface area contributed by atoms with Gasteiger partial charge in [0.1, 0.15) is 5.52 Å². The zero-order valence-electron chi connectivity index (χ0n) is 16.7. The smallest absolute Gasteiger partial charge is 0.408 e. The molecule has 0 unspecified atom stereocenters. The first-order valence-corrected chi connectivity index (χ1v) is 10.2. The first kappa shape index (κ1) is 19.4. The number of hydrogen-bond acceptors (Lipinski definition) is 6. The summed E-state index contributed by atoms with van der Waals surface area (Å²) in [5.41, 5.74) is 4.18. The van der Waals surface area contributed by atoms with E-state index < -0.39 is 11.6 Å². The van der Waals surface area contributed by atoms with E-state index in [0.717, 1.165) is 5.69 Å². The van der Waals surface area contributed by atoms with Gasteiger partial charge in [0.05, 0.1) is 39.7 Å². The van der Waals surface area contributed by atoms with Crippen molar-refractivity contribution in [2.24, 2.45) is 0 Å². The van der Waals surface area contributed by atoms with E-state index in [2.05, 4.69) is 25.4 Å². The van der Waals surface area contributed by atoms with Crippen LogP contribution in [0.1, 0.15) is 5.69 Å². The topological polar surface area (TPSA) is 107 Å². The molecule has 0 aliphatic rings. The number of aromatic amines is 1. The van der Waals surface area contributed by atoms with Crippen molar-refractivity contribution in [2.75, 3.05) is 0 Å². The molecular weight excluding hydrogens is 449 g/mol. The molecule has 0 bridgehead atoms. The molecule has 0 aliphatic carbocycles. The van der Waals surface area contributed by atoms with Gasteiger partial charge in [0.25, 0.3) is 0 Å². The van der Waals surface area contributed by atoms with E-state index in [1.54, 1.807) is 53.5 Å². The maximum atomic E-state index is 15.0. The van der Waals surface area contributed by atoms with Crippen LogP contribution in [0.15, 0.2) is 70.1 Å². The summed E-state index contributed by atoms with van der Waals surface area (Å²) in [5, 5.41) is 13.0. The largest absolute Gasteiger partial charge is 0.417 e. The van der Waals surface area contributed by atoms with Crippen LogP contribution in [0.4, 0.5) is 4.39 Å². The number of fused-ring (bicyclic) bond motifs is 2. The van der Waals surface area contributed by atoms with Crippen molar-refractivity contribution in [2.45, 2.75) is 6.54 Å². The molecule has 4 aromatic heterocycles. The van der Waals surface area contributed by atoms with Crippen molar-refractivity contribution in [3.63, 3.8) is 0 Å². The van der Waals surface area contributed by atoms with Gasteiger partial charge in [-0.3, -0.25) is 14.6 Å². The second-order valence-electron chi connectivity index (χ2n) is 7.36. The van der Waals surface area contributed by atoms with Crippen molar-refractivity contribution in [1.29, 1.82) is 0 Å². The third-order valence-electron chi connectivity index (χ3n) is 5.27. The van der Waals surface area contributed by atoms with Crippen LogP contribution in [0.25, 0.3) is 39.1 Å². The van der Waals surface area contributed by atoms with Gasteiger partial charge in [-0.2, -0.15) is 5.10 Å². The molecule has 6 aromatic rings. The highest BCUT2D eigenvalue weighted by Crippen LogP contribution is 2.28. The molecule has 2 aromatic carbocycles. The lowest BCUT2D eigenvalue weighted by Crippen LogP contribution is -2.05. The minimum absolute atomic E-state index is 0.130. The number of halogens is 2. The van der Waals surface area contributed by atoms with Gasteiger partial charge in [0.15, 0.2) is 11.4 Å². The van der Waals surface area contributed by atoms with E-state index in [1.165, 1.54) is 10.7 Å². The maximum absolute atomic E-state index is 15.0. The summed E-state index contributed by atoms with van der Waals surface area (Å²) < 4.78 is 23.3. The van der Waals surface area contributed by atoms with Gasteiger partial charge in [-0.05, 0) is 48.5 Å². The van der Waals surface area contributed by atoms with E-state index >= 15 is 0 Å². The normalized spacial score (nSPS) is 11.6. The Morgan fingerprint density at radius 1 is 1.12 bits per heavy atom. The molecule has 0 atom stereocenters. The molecular formula is C22H13ClFN7O2. The number of aromatic nitrogens is 7. The van der Waals surface area contributed by atoms with Crippen LogP contribution < -0.4 is 5.76 Å². The summed E-state index contributed by atoms with van der Waals surface area (Å²) in [5.74, 6) is -1.06. The van der Waals surface area contributed by atoms with Crippen LogP contribution in [0.5, 0.6) is 0 Å². The minimum Gasteiger partial charge on any atom is -0.408 e. The molecule has 0 saturated carbocycles. The molecule has 6 rings (SSSR count). The molecule has 162 valence electrons. The Hall–Kier alpha value is -4.31. The standard InChI is InChI=1S/C22H13ClFN7O2/c23-13-1-2-14(25-10-13)11-30-18(5-6-26-30)12-7-16(24)21-19(8-12)31(29-28-21)15-3-4-20-17(9-15)27-22(32)33-20/h1-10H,11H2,(H,27,32). The zero-order valence-corrected chi connectivity index (χ0v) is 17.5. The minimum atomic E-state index is -0.553. The Morgan fingerprint density at radius 2 is 2.03 bits per heavy atom. The molecule has 33 heavy (non-hydrogen) atoms. The van der Waals surface area contributed by atoms with E-state index in [4.69, 9.17) is 16.0 Å². The summed E-state index contributed by atoms with van der Waals surface area (Å²) in [6.07, 6.45) is 3.21. The van der Waals surface area contributed by atoms with Gasteiger partial charge in [0.2, 0.25) is 0 Å². The first-order valence-electron chi connectivity index (χ1n) is 9.86. The second kappa shape index (κ2) is 7.38. The molecule has 0 amide bonds. The number of rotatable bonds is 4. The van der Waals surface area contributed by atoms with Crippen LogP contribution in [-0.2, 0) is 6.54 Å². The van der Waals surface area contributed by atoms with Crippen molar-refractivity contribution in [3.8, 4) is 16.9 Å². The average Bonchev–Trinajstić information content (AvgIpc) is 3.52. The Labute approximate surface area is 189 Å². The number of H-pyrrole nitrogens is 1. The number of nitrogens with one attached hydrogen (secondary N) is 1. The zero-order chi connectivity index (χ0) is 22.5. The highest BCUT2D eigenvalue weighted by Gasteiger charge is 2.16. The van der Waals surface area contributed by atoms with Crippen LogP contribution >= 0.6 is 11.6 Å².